The summed E-state index contributed by atoms with van der Waals surface area (Å²) in [7, 11) is 3.32. The van der Waals surface area contributed by atoms with Gasteiger partial charge >= 0.3 is 5.97 Å². The van der Waals surface area contributed by atoms with E-state index in [1.165, 1.54) is 11.1 Å². The molecule has 252 valence electrons. The van der Waals surface area contributed by atoms with E-state index in [9.17, 15) is 14.7 Å². The Bertz CT molecular complexity index is 1480. The van der Waals surface area contributed by atoms with Gasteiger partial charge in [0.1, 0.15) is 0 Å². The first-order valence-corrected chi connectivity index (χ1v) is 16.4. The van der Waals surface area contributed by atoms with Gasteiger partial charge in [0, 0.05) is 51.0 Å². The Morgan fingerprint density at radius 2 is 1.53 bits per heavy atom. The first kappa shape index (κ1) is 34.4. The maximum atomic E-state index is 12.3. The molecule has 3 atom stereocenters. The molecular formula is C37H46N2O8. The molecule has 2 heterocycles. The van der Waals surface area contributed by atoms with Gasteiger partial charge in [0.25, 0.3) is 0 Å². The smallest absolute Gasteiger partial charge is 0.303 e. The molecule has 3 aromatic rings. The van der Waals surface area contributed by atoms with Crippen LogP contribution >= 0.6 is 0 Å². The monoisotopic (exact) mass is 646 g/mol. The van der Waals surface area contributed by atoms with Crippen molar-refractivity contribution in [2.75, 3.05) is 27.3 Å². The zero-order valence-electron chi connectivity index (χ0n) is 27.3. The average molecular weight is 647 g/mol. The van der Waals surface area contributed by atoms with Crippen LogP contribution in [0, 0.1) is 0 Å². The molecule has 0 aromatic heterocycles. The number of unbranched alkanes of at least 4 members (excludes halogenated alkanes) is 2. The fourth-order valence-corrected chi connectivity index (χ4v) is 6.24. The third-order valence-electron chi connectivity index (χ3n) is 8.91. The van der Waals surface area contributed by atoms with Gasteiger partial charge in [0.15, 0.2) is 17.8 Å². The van der Waals surface area contributed by atoms with Crippen molar-refractivity contribution in [3.63, 3.8) is 0 Å². The lowest BCUT2D eigenvalue weighted by Gasteiger charge is -2.39. The van der Waals surface area contributed by atoms with E-state index in [0.717, 1.165) is 66.2 Å². The van der Waals surface area contributed by atoms with E-state index < -0.39 is 12.3 Å². The minimum Gasteiger partial charge on any atom is -0.493 e. The molecule has 0 spiro atoms. The fraction of sp³-hybridized carbons (Fsp3) is 0.459. The number of carbonyl (C=O) groups is 2. The number of nitrogens with zero attached hydrogens (tertiary/aromatic N) is 1. The van der Waals surface area contributed by atoms with E-state index in [-0.39, 0.29) is 31.1 Å². The molecule has 3 unspecified atom stereocenters. The summed E-state index contributed by atoms with van der Waals surface area (Å²) in [5.41, 5.74) is 6.28. The van der Waals surface area contributed by atoms with Crippen molar-refractivity contribution < 1.29 is 38.7 Å². The molecule has 10 heteroatoms. The molecule has 0 saturated carbocycles. The number of hydrogen-bond donors (Lipinski definition) is 3. The highest BCUT2D eigenvalue weighted by atomic mass is 16.7. The number of carboxylic acids is 1. The standard InChI is InChI=1S/C37H46N2O8/c1-44-33-18-29-16-17-39(22-30(29)19-34(33)45-2)23-31-20-32(27-12-10-26(24-40)11-13-27)47-37(46-31)28-14-8-25(9-15-28)21-38-35(41)6-4-3-5-7-36(42)43/h8-15,18-19,31-32,37,40H,3-7,16-17,20-24H2,1-2H3,(H,38,41)(H,42,43). The minimum atomic E-state index is -0.805. The van der Waals surface area contributed by atoms with E-state index in [2.05, 4.69) is 22.3 Å². The predicted molar refractivity (Wildman–Crippen MR) is 176 cm³/mol. The quantitative estimate of drug-likeness (QED) is 0.185. The molecule has 3 N–H and O–H groups in total. The number of carbonyl (C=O) groups excluding carboxylic acids is 1. The van der Waals surface area contributed by atoms with Gasteiger partial charge in [-0.25, -0.2) is 0 Å². The van der Waals surface area contributed by atoms with Crippen LogP contribution in [0.25, 0.3) is 0 Å². The summed E-state index contributed by atoms with van der Waals surface area (Å²) in [5.74, 6) is 0.640. The molecule has 2 aliphatic rings. The van der Waals surface area contributed by atoms with Crippen LogP contribution in [0.3, 0.4) is 0 Å². The van der Waals surface area contributed by atoms with E-state index in [1.54, 1.807) is 14.2 Å². The molecule has 0 radical (unpaired) electrons. The van der Waals surface area contributed by atoms with Gasteiger partial charge < -0.3 is 34.5 Å². The summed E-state index contributed by atoms with van der Waals surface area (Å²) in [6, 6.07) is 20.0. The van der Waals surface area contributed by atoms with Gasteiger partial charge in [0.2, 0.25) is 5.91 Å². The van der Waals surface area contributed by atoms with Crippen molar-refractivity contribution in [3.8, 4) is 11.5 Å². The predicted octanol–water partition coefficient (Wildman–Crippen LogP) is 5.45. The van der Waals surface area contributed by atoms with Crippen LogP contribution < -0.4 is 14.8 Å². The number of aliphatic carboxylic acids is 1. The Kier molecular flexibility index (Phi) is 12.2. The van der Waals surface area contributed by atoms with Crippen LogP contribution in [0.1, 0.15) is 84.3 Å². The summed E-state index contributed by atoms with van der Waals surface area (Å²) >= 11 is 0. The molecule has 0 bridgehead atoms. The maximum absolute atomic E-state index is 12.3. The number of amides is 1. The molecule has 10 nitrogen and oxygen atoms in total. The van der Waals surface area contributed by atoms with E-state index >= 15 is 0 Å². The van der Waals surface area contributed by atoms with Crippen LogP contribution in [-0.4, -0.2) is 60.4 Å². The molecule has 3 aromatic carbocycles. The Morgan fingerprint density at radius 1 is 0.872 bits per heavy atom. The number of carboxylic acid groups (broad SMARTS) is 1. The lowest BCUT2D eigenvalue weighted by atomic mass is 9.97. The highest BCUT2D eigenvalue weighted by Crippen LogP contribution is 2.39. The number of aliphatic hydroxyl groups excluding tert-OH is 1. The fourth-order valence-electron chi connectivity index (χ4n) is 6.24. The first-order valence-electron chi connectivity index (χ1n) is 16.4. The van der Waals surface area contributed by atoms with Crippen LogP contribution in [0.4, 0.5) is 0 Å². The van der Waals surface area contributed by atoms with Gasteiger partial charge in [-0.1, -0.05) is 55.0 Å². The summed E-state index contributed by atoms with van der Waals surface area (Å²) in [4.78, 5) is 25.3. The second kappa shape index (κ2) is 16.7. The van der Waals surface area contributed by atoms with Gasteiger partial charge in [-0.3, -0.25) is 14.5 Å². The molecule has 5 rings (SSSR count). The second-order valence-corrected chi connectivity index (χ2v) is 12.3. The van der Waals surface area contributed by atoms with Gasteiger partial charge in [-0.15, -0.1) is 0 Å². The Hall–Kier alpha value is -3.96. The third-order valence-corrected chi connectivity index (χ3v) is 8.91. The molecule has 1 fully saturated rings. The zero-order chi connectivity index (χ0) is 33.2. The Balaban J connectivity index is 1.22. The number of rotatable bonds is 15. The number of hydrogen-bond acceptors (Lipinski definition) is 8. The largest absolute Gasteiger partial charge is 0.493 e. The van der Waals surface area contributed by atoms with Gasteiger partial charge in [-0.2, -0.15) is 0 Å². The lowest BCUT2D eigenvalue weighted by Crippen LogP contribution is -2.41. The SMILES string of the molecule is COc1cc2c(cc1OC)CN(CC1CC(c3ccc(CO)cc3)OC(c3ccc(CNC(=O)CCCCCC(=O)O)cc3)O1)CC2. The zero-order valence-corrected chi connectivity index (χ0v) is 27.3. The number of methoxy groups -OCH3 is 2. The van der Waals surface area contributed by atoms with Crippen molar-refractivity contribution in [1.29, 1.82) is 0 Å². The molecular weight excluding hydrogens is 600 g/mol. The van der Waals surface area contributed by atoms with Gasteiger partial charge in [-0.05, 0) is 59.2 Å². The van der Waals surface area contributed by atoms with Crippen molar-refractivity contribution in [1.82, 2.24) is 10.2 Å². The van der Waals surface area contributed by atoms with Crippen molar-refractivity contribution in [2.45, 2.75) is 83.1 Å². The number of fused-ring (bicyclic) bond motifs is 1. The molecule has 1 saturated heterocycles. The maximum Gasteiger partial charge on any atom is 0.303 e. The van der Waals surface area contributed by atoms with E-state index in [1.807, 2.05) is 48.5 Å². The Labute approximate surface area is 276 Å². The Morgan fingerprint density at radius 3 is 2.21 bits per heavy atom. The third kappa shape index (κ3) is 9.54. The summed E-state index contributed by atoms with van der Waals surface area (Å²) in [6.07, 6.45) is 3.29. The minimum absolute atomic E-state index is 0.00709. The topological polar surface area (TPSA) is 127 Å². The van der Waals surface area contributed by atoms with Crippen molar-refractivity contribution in [2.24, 2.45) is 0 Å². The van der Waals surface area contributed by atoms with E-state index in [0.29, 0.717) is 32.2 Å². The number of benzene rings is 3. The van der Waals surface area contributed by atoms with Crippen LogP contribution in [0.5, 0.6) is 11.5 Å². The highest BCUT2D eigenvalue weighted by molar-refractivity contribution is 5.75. The van der Waals surface area contributed by atoms with Crippen LogP contribution in [0.15, 0.2) is 60.7 Å². The number of ether oxygens (including phenoxy) is 4. The molecule has 2 aliphatic heterocycles. The van der Waals surface area contributed by atoms with Crippen molar-refractivity contribution in [3.05, 3.63) is 94.0 Å². The summed E-state index contributed by atoms with van der Waals surface area (Å²) in [6.45, 7) is 2.86. The average Bonchev–Trinajstić information content (AvgIpc) is 3.10. The number of aliphatic hydroxyl groups is 1. The molecule has 1 amide bonds. The molecule has 0 aliphatic carbocycles. The van der Waals surface area contributed by atoms with Crippen LogP contribution in [-0.2, 0) is 45.2 Å². The molecule has 47 heavy (non-hydrogen) atoms. The second-order valence-electron chi connectivity index (χ2n) is 12.3. The first-order chi connectivity index (χ1) is 22.8. The normalized spacial score (nSPS) is 19.5. The lowest BCUT2D eigenvalue weighted by molar-refractivity contribution is -0.253. The summed E-state index contributed by atoms with van der Waals surface area (Å²) in [5, 5.41) is 21.2. The van der Waals surface area contributed by atoms with Crippen molar-refractivity contribution >= 4 is 11.9 Å². The van der Waals surface area contributed by atoms with Gasteiger partial charge in [0.05, 0.1) is 33.0 Å². The van der Waals surface area contributed by atoms with E-state index in [4.69, 9.17) is 24.1 Å². The summed E-state index contributed by atoms with van der Waals surface area (Å²) < 4.78 is 24.2. The number of nitrogens with one attached hydrogen (secondary N) is 1. The highest BCUT2D eigenvalue weighted by Gasteiger charge is 2.34. The van der Waals surface area contributed by atoms with Crippen LogP contribution in [0.2, 0.25) is 0 Å².